The Hall–Kier alpha value is -1.81. The van der Waals surface area contributed by atoms with Gasteiger partial charge in [-0.2, -0.15) is 0 Å². The number of carbonyl (C=O) groups is 1. The van der Waals surface area contributed by atoms with Crippen LogP contribution in [0.25, 0.3) is 0 Å². The molecule has 3 N–H and O–H groups in total. The van der Waals surface area contributed by atoms with Gasteiger partial charge in [-0.3, -0.25) is 4.79 Å². The minimum absolute atomic E-state index is 0.404. The number of benzene rings is 2. The van der Waals surface area contributed by atoms with E-state index in [4.69, 9.17) is 5.73 Å². The molecular weight excluding hydrogens is 304 g/mol. The highest BCUT2D eigenvalue weighted by molar-refractivity contribution is 9.10. The van der Waals surface area contributed by atoms with E-state index < -0.39 is 5.91 Å². The molecule has 1 amide bonds. The molecule has 0 heterocycles. The molecule has 0 spiro atoms. The van der Waals surface area contributed by atoms with E-state index in [2.05, 4.69) is 27.3 Å². The Kier molecular flexibility index (Phi) is 4.22. The summed E-state index contributed by atoms with van der Waals surface area (Å²) in [6, 6.07) is 13.4. The Bertz CT molecular complexity index is 611. The number of aryl methyl sites for hydroxylation is 1. The lowest BCUT2D eigenvalue weighted by Crippen LogP contribution is -2.11. The number of primary amides is 1. The number of anilines is 1. The zero-order chi connectivity index (χ0) is 13.8. The van der Waals surface area contributed by atoms with Crippen LogP contribution < -0.4 is 11.1 Å². The molecule has 0 aliphatic heterocycles. The first-order chi connectivity index (χ1) is 9.06. The van der Waals surface area contributed by atoms with Crippen molar-refractivity contribution in [2.75, 3.05) is 5.32 Å². The van der Waals surface area contributed by atoms with Crippen LogP contribution in [0.5, 0.6) is 0 Å². The summed E-state index contributed by atoms with van der Waals surface area (Å²) in [5, 5.41) is 3.34. The van der Waals surface area contributed by atoms with E-state index >= 15 is 0 Å². The lowest BCUT2D eigenvalue weighted by molar-refractivity contribution is 0.1000. The van der Waals surface area contributed by atoms with Crippen LogP contribution in [0, 0.1) is 6.92 Å². The standard InChI is InChI=1S/C15H15BrN2O/c1-10-5-6-13(16)14(7-10)18-9-11-3-2-4-12(8-11)15(17)19/h2-8,18H,9H2,1H3,(H2,17,19). The third-order valence-corrected chi connectivity index (χ3v) is 3.51. The quantitative estimate of drug-likeness (QED) is 0.906. The van der Waals surface area contributed by atoms with Crippen molar-refractivity contribution >= 4 is 27.5 Å². The molecule has 0 aliphatic rings. The van der Waals surface area contributed by atoms with Crippen LogP contribution in [0.1, 0.15) is 21.5 Å². The highest BCUT2D eigenvalue weighted by Gasteiger charge is 2.03. The van der Waals surface area contributed by atoms with E-state index in [-0.39, 0.29) is 0 Å². The van der Waals surface area contributed by atoms with Crippen molar-refractivity contribution in [3.05, 3.63) is 63.6 Å². The maximum absolute atomic E-state index is 11.1. The van der Waals surface area contributed by atoms with Gasteiger partial charge in [0.15, 0.2) is 0 Å². The number of carbonyl (C=O) groups excluding carboxylic acids is 1. The lowest BCUT2D eigenvalue weighted by atomic mass is 10.1. The van der Waals surface area contributed by atoms with E-state index in [0.29, 0.717) is 12.1 Å². The van der Waals surface area contributed by atoms with Crippen LogP contribution in [0.4, 0.5) is 5.69 Å². The summed E-state index contributed by atoms with van der Waals surface area (Å²) in [5.74, 6) is -0.404. The van der Waals surface area contributed by atoms with Gasteiger partial charge in [0.05, 0.1) is 0 Å². The fourth-order valence-corrected chi connectivity index (χ4v) is 2.19. The molecule has 4 heteroatoms. The average molecular weight is 319 g/mol. The fourth-order valence-electron chi connectivity index (χ4n) is 1.81. The molecule has 0 bridgehead atoms. The van der Waals surface area contributed by atoms with E-state index in [9.17, 15) is 4.79 Å². The van der Waals surface area contributed by atoms with Crippen LogP contribution in [0.2, 0.25) is 0 Å². The summed E-state index contributed by atoms with van der Waals surface area (Å²) >= 11 is 3.51. The second kappa shape index (κ2) is 5.89. The van der Waals surface area contributed by atoms with Gasteiger partial charge < -0.3 is 11.1 Å². The maximum Gasteiger partial charge on any atom is 0.248 e. The molecule has 0 unspecified atom stereocenters. The minimum Gasteiger partial charge on any atom is -0.380 e. The second-order valence-corrected chi connectivity index (χ2v) is 5.26. The highest BCUT2D eigenvalue weighted by atomic mass is 79.9. The predicted octanol–water partition coefficient (Wildman–Crippen LogP) is 3.47. The predicted molar refractivity (Wildman–Crippen MR) is 81.2 cm³/mol. The molecule has 19 heavy (non-hydrogen) atoms. The normalized spacial score (nSPS) is 10.2. The number of halogens is 1. The van der Waals surface area contributed by atoms with Crippen molar-refractivity contribution < 1.29 is 4.79 Å². The van der Waals surface area contributed by atoms with Crippen LogP contribution in [0.15, 0.2) is 46.9 Å². The zero-order valence-corrected chi connectivity index (χ0v) is 12.2. The third kappa shape index (κ3) is 3.58. The average Bonchev–Trinajstić information content (AvgIpc) is 2.40. The fraction of sp³-hybridized carbons (Fsp3) is 0.133. The SMILES string of the molecule is Cc1ccc(Br)c(NCc2cccc(C(N)=O)c2)c1. The second-order valence-electron chi connectivity index (χ2n) is 4.40. The molecule has 0 saturated carbocycles. The third-order valence-electron chi connectivity index (χ3n) is 2.82. The van der Waals surface area contributed by atoms with E-state index in [1.165, 1.54) is 5.56 Å². The molecule has 0 saturated heterocycles. The molecule has 2 aromatic carbocycles. The number of rotatable bonds is 4. The van der Waals surface area contributed by atoms with Gasteiger partial charge in [-0.05, 0) is 58.2 Å². The Balaban J connectivity index is 2.12. The van der Waals surface area contributed by atoms with Gasteiger partial charge in [0.1, 0.15) is 0 Å². The molecule has 0 fully saturated rings. The number of nitrogens with two attached hydrogens (primary N) is 1. The summed E-state index contributed by atoms with van der Waals surface area (Å²) in [6.45, 7) is 2.69. The van der Waals surface area contributed by atoms with Gasteiger partial charge in [0.2, 0.25) is 5.91 Å². The van der Waals surface area contributed by atoms with Crippen molar-refractivity contribution in [1.82, 2.24) is 0 Å². The van der Waals surface area contributed by atoms with Gasteiger partial charge in [0, 0.05) is 22.3 Å². The molecule has 0 aromatic heterocycles. The molecular formula is C15H15BrN2O. The first-order valence-electron chi connectivity index (χ1n) is 5.95. The summed E-state index contributed by atoms with van der Waals surface area (Å²) in [6.07, 6.45) is 0. The summed E-state index contributed by atoms with van der Waals surface area (Å²) in [4.78, 5) is 11.1. The zero-order valence-electron chi connectivity index (χ0n) is 10.6. The Morgan fingerprint density at radius 1 is 1.26 bits per heavy atom. The van der Waals surface area contributed by atoms with Gasteiger partial charge in [-0.25, -0.2) is 0 Å². The van der Waals surface area contributed by atoms with E-state index in [1.807, 2.05) is 31.2 Å². The van der Waals surface area contributed by atoms with Crippen LogP contribution in [0.3, 0.4) is 0 Å². The Labute approximate surface area is 121 Å². The van der Waals surface area contributed by atoms with Crippen molar-refractivity contribution in [3.8, 4) is 0 Å². The molecule has 2 rings (SSSR count). The number of amides is 1. The monoisotopic (exact) mass is 318 g/mol. The van der Waals surface area contributed by atoms with Crippen LogP contribution in [-0.2, 0) is 6.54 Å². The molecule has 0 atom stereocenters. The first-order valence-corrected chi connectivity index (χ1v) is 6.74. The smallest absolute Gasteiger partial charge is 0.248 e. The lowest BCUT2D eigenvalue weighted by Gasteiger charge is -2.10. The number of hydrogen-bond donors (Lipinski definition) is 2. The number of hydrogen-bond acceptors (Lipinski definition) is 2. The number of nitrogens with one attached hydrogen (secondary N) is 1. The van der Waals surface area contributed by atoms with Gasteiger partial charge in [-0.1, -0.05) is 18.2 Å². The Morgan fingerprint density at radius 3 is 2.79 bits per heavy atom. The Morgan fingerprint density at radius 2 is 2.05 bits per heavy atom. The molecule has 0 aliphatic carbocycles. The molecule has 98 valence electrons. The summed E-state index contributed by atoms with van der Waals surface area (Å²) < 4.78 is 1.02. The van der Waals surface area contributed by atoms with Gasteiger partial charge in [-0.15, -0.1) is 0 Å². The van der Waals surface area contributed by atoms with E-state index in [0.717, 1.165) is 15.7 Å². The molecule has 3 nitrogen and oxygen atoms in total. The summed E-state index contributed by atoms with van der Waals surface area (Å²) in [5.41, 5.74) is 9.04. The van der Waals surface area contributed by atoms with Gasteiger partial charge >= 0.3 is 0 Å². The topological polar surface area (TPSA) is 55.1 Å². The maximum atomic E-state index is 11.1. The van der Waals surface area contributed by atoms with Crippen molar-refractivity contribution in [1.29, 1.82) is 0 Å². The molecule has 2 aromatic rings. The van der Waals surface area contributed by atoms with Crippen molar-refractivity contribution in [2.45, 2.75) is 13.5 Å². The minimum atomic E-state index is -0.404. The van der Waals surface area contributed by atoms with Crippen molar-refractivity contribution in [3.63, 3.8) is 0 Å². The highest BCUT2D eigenvalue weighted by Crippen LogP contribution is 2.23. The van der Waals surface area contributed by atoms with Crippen LogP contribution in [-0.4, -0.2) is 5.91 Å². The van der Waals surface area contributed by atoms with Gasteiger partial charge in [0.25, 0.3) is 0 Å². The van der Waals surface area contributed by atoms with Crippen LogP contribution >= 0.6 is 15.9 Å². The van der Waals surface area contributed by atoms with E-state index in [1.54, 1.807) is 12.1 Å². The largest absolute Gasteiger partial charge is 0.380 e. The first kappa shape index (κ1) is 13.6. The van der Waals surface area contributed by atoms with Crippen molar-refractivity contribution in [2.24, 2.45) is 5.73 Å². The summed E-state index contributed by atoms with van der Waals surface area (Å²) in [7, 11) is 0. The molecule has 0 radical (unpaired) electrons.